The molecule has 3 N–H and O–H groups in total. The molecule has 2 atom stereocenters. The molecule has 7 heteroatoms. The minimum Gasteiger partial charge on any atom is -0.497 e. The number of ether oxygens (including phenoxy) is 1. The Labute approximate surface area is 128 Å². The minimum atomic E-state index is -3.58. The molecule has 0 aliphatic heterocycles. The number of benzene rings is 1. The summed E-state index contributed by atoms with van der Waals surface area (Å²) in [5, 5.41) is 0. The zero-order valence-electron chi connectivity index (χ0n) is 11.3. The van der Waals surface area contributed by atoms with Gasteiger partial charge in [0.1, 0.15) is 5.75 Å². The molecule has 1 aliphatic rings. The molecular formula is C13H19BrN2O3S. The second-order valence-corrected chi connectivity index (χ2v) is 7.49. The first-order valence-corrected chi connectivity index (χ1v) is 8.81. The highest BCUT2D eigenvalue weighted by atomic mass is 79.9. The van der Waals surface area contributed by atoms with Crippen LogP contribution in [0.4, 0.5) is 0 Å². The summed E-state index contributed by atoms with van der Waals surface area (Å²) in [7, 11) is -2.07. The van der Waals surface area contributed by atoms with Crippen LogP contribution in [-0.4, -0.2) is 28.1 Å². The molecule has 5 nitrogen and oxygen atoms in total. The van der Waals surface area contributed by atoms with Gasteiger partial charge in [-0.3, -0.25) is 0 Å². The Bertz CT molecular complexity index is 577. The maximum Gasteiger partial charge on any atom is 0.242 e. The van der Waals surface area contributed by atoms with Crippen molar-refractivity contribution in [3.63, 3.8) is 0 Å². The quantitative estimate of drug-likeness (QED) is 0.837. The summed E-state index contributed by atoms with van der Waals surface area (Å²) in [5.41, 5.74) is 5.69. The third kappa shape index (κ3) is 3.33. The van der Waals surface area contributed by atoms with E-state index in [0.717, 1.165) is 19.3 Å². The molecule has 112 valence electrons. The average Bonchev–Trinajstić information content (AvgIpc) is 2.85. The van der Waals surface area contributed by atoms with Crippen LogP contribution < -0.4 is 15.2 Å². The van der Waals surface area contributed by atoms with Crippen molar-refractivity contribution in [1.29, 1.82) is 0 Å². The van der Waals surface area contributed by atoms with E-state index in [9.17, 15) is 8.42 Å². The fourth-order valence-corrected chi connectivity index (χ4v) is 4.87. The van der Waals surface area contributed by atoms with Gasteiger partial charge in [0, 0.05) is 16.6 Å². The van der Waals surface area contributed by atoms with Crippen molar-refractivity contribution in [1.82, 2.24) is 4.72 Å². The van der Waals surface area contributed by atoms with Crippen LogP contribution in [0.5, 0.6) is 5.75 Å². The molecule has 0 radical (unpaired) electrons. The Kier molecular flexibility index (Phi) is 5.06. The highest BCUT2D eigenvalue weighted by Crippen LogP contribution is 2.30. The fraction of sp³-hybridized carbons (Fsp3) is 0.538. The van der Waals surface area contributed by atoms with Crippen LogP contribution in [0.1, 0.15) is 19.3 Å². The van der Waals surface area contributed by atoms with Gasteiger partial charge in [0.15, 0.2) is 0 Å². The number of halogens is 1. The van der Waals surface area contributed by atoms with E-state index in [1.807, 2.05) is 0 Å². The van der Waals surface area contributed by atoms with E-state index in [4.69, 9.17) is 10.5 Å². The van der Waals surface area contributed by atoms with Crippen molar-refractivity contribution in [3.8, 4) is 5.75 Å². The molecule has 0 unspecified atom stereocenters. The molecule has 0 amide bonds. The van der Waals surface area contributed by atoms with Crippen LogP contribution in [0.25, 0.3) is 0 Å². The Balaban J connectivity index is 2.26. The zero-order valence-corrected chi connectivity index (χ0v) is 13.7. The third-order valence-electron chi connectivity index (χ3n) is 3.70. The van der Waals surface area contributed by atoms with Crippen LogP contribution >= 0.6 is 15.9 Å². The van der Waals surface area contributed by atoms with Gasteiger partial charge in [0.05, 0.1) is 12.0 Å². The fourth-order valence-electron chi connectivity index (χ4n) is 2.55. The highest BCUT2D eigenvalue weighted by molar-refractivity contribution is 9.10. The minimum absolute atomic E-state index is 0.0805. The van der Waals surface area contributed by atoms with Crippen LogP contribution in [-0.2, 0) is 10.0 Å². The van der Waals surface area contributed by atoms with Crippen molar-refractivity contribution >= 4 is 26.0 Å². The lowest BCUT2D eigenvalue weighted by molar-refractivity contribution is 0.413. The molecule has 20 heavy (non-hydrogen) atoms. The molecule has 0 saturated heterocycles. The number of sulfonamides is 1. The van der Waals surface area contributed by atoms with E-state index in [2.05, 4.69) is 20.7 Å². The van der Waals surface area contributed by atoms with E-state index in [1.54, 1.807) is 12.1 Å². The van der Waals surface area contributed by atoms with Crippen LogP contribution in [0.2, 0.25) is 0 Å². The molecule has 1 aromatic rings. The number of methoxy groups -OCH3 is 1. The van der Waals surface area contributed by atoms with Gasteiger partial charge >= 0.3 is 0 Å². The molecule has 0 aromatic heterocycles. The summed E-state index contributed by atoms with van der Waals surface area (Å²) >= 11 is 3.28. The van der Waals surface area contributed by atoms with Gasteiger partial charge in [-0.05, 0) is 53.4 Å². The van der Waals surface area contributed by atoms with Gasteiger partial charge in [-0.2, -0.15) is 0 Å². The lowest BCUT2D eigenvalue weighted by atomic mass is 10.1. The van der Waals surface area contributed by atoms with Crippen molar-refractivity contribution in [2.45, 2.75) is 30.2 Å². The van der Waals surface area contributed by atoms with Crippen molar-refractivity contribution in [3.05, 3.63) is 22.7 Å². The molecule has 0 bridgehead atoms. The summed E-state index contributed by atoms with van der Waals surface area (Å²) in [4.78, 5) is 0.194. The van der Waals surface area contributed by atoms with Crippen molar-refractivity contribution < 1.29 is 13.2 Å². The molecule has 1 saturated carbocycles. The van der Waals surface area contributed by atoms with E-state index < -0.39 is 10.0 Å². The first-order valence-electron chi connectivity index (χ1n) is 6.54. The normalized spacial score (nSPS) is 22.9. The predicted octanol–water partition coefficient (Wildman–Crippen LogP) is 1.86. The summed E-state index contributed by atoms with van der Waals surface area (Å²) in [6.07, 6.45) is 2.82. The Hall–Kier alpha value is -0.630. The van der Waals surface area contributed by atoms with E-state index in [-0.39, 0.29) is 16.9 Å². The lowest BCUT2D eigenvalue weighted by Gasteiger charge is -2.20. The van der Waals surface area contributed by atoms with Gasteiger partial charge in [-0.1, -0.05) is 6.42 Å². The SMILES string of the molecule is COc1ccc(Br)c(S(=O)(=O)N[C@@H]2CCC[C@H]2CN)c1. The third-order valence-corrected chi connectivity index (χ3v) is 6.18. The summed E-state index contributed by atoms with van der Waals surface area (Å²) in [6, 6.07) is 4.81. The number of hydrogen-bond acceptors (Lipinski definition) is 4. The highest BCUT2D eigenvalue weighted by Gasteiger charge is 2.31. The van der Waals surface area contributed by atoms with Crippen molar-refractivity contribution in [2.24, 2.45) is 11.7 Å². The van der Waals surface area contributed by atoms with Crippen LogP contribution in [0.15, 0.2) is 27.6 Å². The second kappa shape index (κ2) is 6.43. The lowest BCUT2D eigenvalue weighted by Crippen LogP contribution is -2.39. The smallest absolute Gasteiger partial charge is 0.242 e. The first kappa shape index (κ1) is 15.8. The molecule has 1 fully saturated rings. The summed E-state index contributed by atoms with van der Waals surface area (Å²) in [5.74, 6) is 0.726. The monoisotopic (exact) mass is 362 g/mol. The maximum absolute atomic E-state index is 12.5. The molecule has 1 aliphatic carbocycles. The molecule has 2 rings (SSSR count). The van der Waals surface area contributed by atoms with Gasteiger partial charge < -0.3 is 10.5 Å². The first-order chi connectivity index (χ1) is 9.47. The summed E-state index contributed by atoms with van der Waals surface area (Å²) < 4.78 is 33.4. The van der Waals surface area contributed by atoms with Gasteiger partial charge in [-0.15, -0.1) is 0 Å². The largest absolute Gasteiger partial charge is 0.497 e. The number of rotatable bonds is 5. The standard InChI is InChI=1S/C13H19BrN2O3S/c1-19-10-5-6-11(14)13(7-10)20(17,18)16-12-4-2-3-9(12)8-15/h5-7,9,12,16H,2-4,8,15H2,1H3/t9-,12+/m0/s1. The van der Waals surface area contributed by atoms with Crippen molar-refractivity contribution in [2.75, 3.05) is 13.7 Å². The van der Waals surface area contributed by atoms with Gasteiger partial charge in [0.2, 0.25) is 10.0 Å². The summed E-state index contributed by atoms with van der Waals surface area (Å²) in [6.45, 7) is 0.506. The molecular weight excluding hydrogens is 344 g/mol. The van der Waals surface area contributed by atoms with Crippen LogP contribution in [0.3, 0.4) is 0 Å². The molecule has 0 heterocycles. The average molecular weight is 363 g/mol. The van der Waals surface area contributed by atoms with Gasteiger partial charge in [-0.25, -0.2) is 13.1 Å². The Morgan fingerprint density at radius 3 is 2.85 bits per heavy atom. The van der Waals surface area contributed by atoms with E-state index in [1.165, 1.54) is 13.2 Å². The van der Waals surface area contributed by atoms with E-state index in [0.29, 0.717) is 16.8 Å². The Morgan fingerprint density at radius 2 is 2.20 bits per heavy atom. The second-order valence-electron chi connectivity index (χ2n) is 4.95. The number of nitrogens with two attached hydrogens (primary N) is 1. The van der Waals surface area contributed by atoms with E-state index >= 15 is 0 Å². The maximum atomic E-state index is 12.5. The Morgan fingerprint density at radius 1 is 1.45 bits per heavy atom. The molecule has 0 spiro atoms. The van der Waals surface area contributed by atoms with Crippen LogP contribution in [0, 0.1) is 5.92 Å². The molecule has 1 aromatic carbocycles. The van der Waals surface area contributed by atoms with Gasteiger partial charge in [0.25, 0.3) is 0 Å². The topological polar surface area (TPSA) is 81.4 Å². The zero-order chi connectivity index (χ0) is 14.8. The number of hydrogen-bond donors (Lipinski definition) is 2. The predicted molar refractivity (Wildman–Crippen MR) is 81.2 cm³/mol. The number of nitrogens with one attached hydrogen (secondary N) is 1.